The smallest absolute Gasteiger partial charge is 0.166 e. The molecule has 0 atom stereocenters. The molecule has 0 saturated heterocycles. The molecule has 0 N–H and O–H groups in total. The van der Waals surface area contributed by atoms with E-state index < -0.39 is 11.7 Å². The maximum atomic E-state index is 12.5. The van der Waals surface area contributed by atoms with Gasteiger partial charge < -0.3 is 0 Å². The Morgan fingerprint density at radius 1 is 1.31 bits per heavy atom. The van der Waals surface area contributed by atoms with Gasteiger partial charge in [-0.05, 0) is 25.0 Å². The molecule has 0 aliphatic rings. The zero-order valence-corrected chi connectivity index (χ0v) is 9.01. The summed E-state index contributed by atoms with van der Waals surface area (Å²) in [6, 6.07) is 4.34. The number of allylic oxidation sites excluding steroid dienone is 1. The van der Waals surface area contributed by atoms with Gasteiger partial charge >= 0.3 is 6.18 Å². The van der Waals surface area contributed by atoms with E-state index in [-0.39, 0.29) is 12.0 Å². The van der Waals surface area contributed by atoms with Crippen LogP contribution in [0.25, 0.3) is 0 Å². The van der Waals surface area contributed by atoms with Crippen molar-refractivity contribution in [3.8, 4) is 12.8 Å². The predicted molar refractivity (Wildman–Crippen MR) is 60.0 cm³/mol. The Labute approximate surface area is 93.8 Å². The molecule has 0 aliphatic heterocycles. The molecule has 0 aromatic heterocycles. The van der Waals surface area contributed by atoms with Crippen molar-refractivity contribution in [2.75, 3.05) is 0 Å². The summed E-state index contributed by atoms with van der Waals surface area (Å²) < 4.78 is 37.6. The molecular formula is C13H13F3. The van der Waals surface area contributed by atoms with Crippen molar-refractivity contribution in [3.05, 3.63) is 47.5 Å². The lowest BCUT2D eigenvalue weighted by atomic mass is 10.0. The van der Waals surface area contributed by atoms with Gasteiger partial charge in [-0.2, -0.15) is 13.2 Å². The van der Waals surface area contributed by atoms with E-state index in [2.05, 4.69) is 19.4 Å². The SMILES string of the molecule is C#C.C=CCc1ccc(C)cc1C(F)(F)F. The highest BCUT2D eigenvalue weighted by molar-refractivity contribution is 5.34. The molecule has 0 amide bonds. The standard InChI is InChI=1S/C11H11F3.C2H2/c1-3-4-9-6-5-8(2)7-10(9)11(12,13)14;1-2/h3,5-7H,1,4H2,2H3;1-2H. The molecule has 0 spiro atoms. The molecule has 0 unspecified atom stereocenters. The van der Waals surface area contributed by atoms with Crippen LogP contribution < -0.4 is 0 Å². The number of rotatable bonds is 2. The van der Waals surface area contributed by atoms with E-state index in [1.54, 1.807) is 13.0 Å². The quantitative estimate of drug-likeness (QED) is 0.528. The number of aryl methyl sites for hydroxylation is 1. The van der Waals surface area contributed by atoms with Gasteiger partial charge in [-0.25, -0.2) is 0 Å². The van der Waals surface area contributed by atoms with Gasteiger partial charge in [0.15, 0.2) is 0 Å². The molecule has 1 aromatic carbocycles. The molecule has 0 fully saturated rings. The highest BCUT2D eigenvalue weighted by Gasteiger charge is 2.32. The van der Waals surface area contributed by atoms with E-state index >= 15 is 0 Å². The van der Waals surface area contributed by atoms with E-state index in [0.717, 1.165) is 0 Å². The average Bonchev–Trinajstić information content (AvgIpc) is 2.22. The molecule has 0 bridgehead atoms. The summed E-state index contributed by atoms with van der Waals surface area (Å²) in [7, 11) is 0. The van der Waals surface area contributed by atoms with Crippen LogP contribution in [-0.2, 0) is 12.6 Å². The van der Waals surface area contributed by atoms with Crippen LogP contribution in [0.5, 0.6) is 0 Å². The zero-order chi connectivity index (χ0) is 12.8. The largest absolute Gasteiger partial charge is 0.416 e. The van der Waals surface area contributed by atoms with E-state index in [1.807, 2.05) is 0 Å². The summed E-state index contributed by atoms with van der Waals surface area (Å²) in [6.45, 7) is 5.08. The summed E-state index contributed by atoms with van der Waals surface area (Å²) >= 11 is 0. The van der Waals surface area contributed by atoms with Crippen LogP contribution in [0.1, 0.15) is 16.7 Å². The van der Waals surface area contributed by atoms with Gasteiger partial charge in [-0.1, -0.05) is 23.8 Å². The van der Waals surface area contributed by atoms with E-state index in [0.29, 0.717) is 5.56 Å². The first-order valence-corrected chi connectivity index (χ1v) is 4.56. The second-order valence-corrected chi connectivity index (χ2v) is 3.15. The fourth-order valence-corrected chi connectivity index (χ4v) is 1.29. The maximum absolute atomic E-state index is 12.5. The number of terminal acetylenes is 1. The van der Waals surface area contributed by atoms with Crippen LogP contribution in [0.15, 0.2) is 30.9 Å². The molecule has 0 saturated carbocycles. The molecule has 86 valence electrons. The Hall–Kier alpha value is -1.69. The van der Waals surface area contributed by atoms with Crippen molar-refractivity contribution < 1.29 is 13.2 Å². The fourth-order valence-electron chi connectivity index (χ4n) is 1.29. The molecule has 1 rings (SSSR count). The van der Waals surface area contributed by atoms with Crippen LogP contribution in [0, 0.1) is 19.8 Å². The summed E-state index contributed by atoms with van der Waals surface area (Å²) in [6.07, 6.45) is 5.44. The van der Waals surface area contributed by atoms with Crippen LogP contribution in [0.4, 0.5) is 13.2 Å². The minimum Gasteiger partial charge on any atom is -0.166 e. The van der Waals surface area contributed by atoms with Crippen molar-refractivity contribution in [3.63, 3.8) is 0 Å². The Kier molecular flexibility index (Phi) is 5.38. The minimum atomic E-state index is -4.27. The second kappa shape index (κ2) is 6.02. The molecule has 0 radical (unpaired) electrons. The first-order valence-electron chi connectivity index (χ1n) is 4.56. The second-order valence-electron chi connectivity index (χ2n) is 3.15. The monoisotopic (exact) mass is 226 g/mol. The number of hydrogen-bond acceptors (Lipinski definition) is 0. The minimum absolute atomic E-state index is 0.245. The number of alkyl halides is 3. The van der Waals surface area contributed by atoms with Crippen LogP contribution >= 0.6 is 0 Å². The average molecular weight is 226 g/mol. The Morgan fingerprint density at radius 2 is 1.88 bits per heavy atom. The third-order valence-electron chi connectivity index (χ3n) is 1.94. The lowest BCUT2D eigenvalue weighted by Gasteiger charge is -2.12. The third kappa shape index (κ3) is 3.82. The Balaban J connectivity index is 0.00000106. The van der Waals surface area contributed by atoms with Crippen molar-refractivity contribution in [2.24, 2.45) is 0 Å². The van der Waals surface area contributed by atoms with Crippen molar-refractivity contribution in [2.45, 2.75) is 19.5 Å². The van der Waals surface area contributed by atoms with E-state index in [4.69, 9.17) is 0 Å². The summed E-state index contributed by atoms with van der Waals surface area (Å²) in [5.74, 6) is 0. The van der Waals surface area contributed by atoms with Crippen molar-refractivity contribution in [1.82, 2.24) is 0 Å². The van der Waals surface area contributed by atoms with Gasteiger partial charge in [0, 0.05) is 0 Å². The first-order chi connectivity index (χ1) is 7.45. The molecule has 16 heavy (non-hydrogen) atoms. The Morgan fingerprint density at radius 3 is 2.31 bits per heavy atom. The number of halogens is 3. The van der Waals surface area contributed by atoms with Crippen LogP contribution in [0.3, 0.4) is 0 Å². The summed E-state index contributed by atoms with van der Waals surface area (Å²) in [4.78, 5) is 0. The lowest BCUT2D eigenvalue weighted by molar-refractivity contribution is -0.138. The van der Waals surface area contributed by atoms with Crippen molar-refractivity contribution >= 4 is 0 Å². The summed E-state index contributed by atoms with van der Waals surface area (Å²) in [5, 5.41) is 0. The first kappa shape index (κ1) is 14.3. The van der Waals surface area contributed by atoms with Gasteiger partial charge in [0.25, 0.3) is 0 Å². The fraction of sp³-hybridized carbons (Fsp3) is 0.231. The Bertz CT molecular complexity index is 372. The lowest BCUT2D eigenvalue weighted by Crippen LogP contribution is -2.09. The molecule has 1 aromatic rings. The number of hydrogen-bond donors (Lipinski definition) is 0. The molecule has 0 heterocycles. The molecule has 0 nitrogen and oxygen atoms in total. The highest BCUT2D eigenvalue weighted by atomic mass is 19.4. The maximum Gasteiger partial charge on any atom is 0.416 e. The molecule has 3 heteroatoms. The highest BCUT2D eigenvalue weighted by Crippen LogP contribution is 2.32. The van der Waals surface area contributed by atoms with Crippen LogP contribution in [0.2, 0.25) is 0 Å². The van der Waals surface area contributed by atoms with Gasteiger partial charge in [-0.15, -0.1) is 19.4 Å². The third-order valence-corrected chi connectivity index (χ3v) is 1.94. The predicted octanol–water partition coefficient (Wildman–Crippen LogP) is 3.99. The van der Waals surface area contributed by atoms with Gasteiger partial charge in [0.05, 0.1) is 5.56 Å². The number of benzene rings is 1. The van der Waals surface area contributed by atoms with E-state index in [1.165, 1.54) is 18.2 Å². The van der Waals surface area contributed by atoms with Gasteiger partial charge in [0.1, 0.15) is 0 Å². The zero-order valence-electron chi connectivity index (χ0n) is 9.01. The normalized spacial score (nSPS) is 10.1. The summed E-state index contributed by atoms with van der Waals surface area (Å²) in [5.41, 5.74) is 0.334. The molecular weight excluding hydrogens is 213 g/mol. The van der Waals surface area contributed by atoms with Crippen molar-refractivity contribution in [1.29, 1.82) is 0 Å². The van der Waals surface area contributed by atoms with E-state index in [9.17, 15) is 13.2 Å². The van der Waals surface area contributed by atoms with Gasteiger partial charge in [0.2, 0.25) is 0 Å². The van der Waals surface area contributed by atoms with Crippen LogP contribution in [-0.4, -0.2) is 0 Å². The topological polar surface area (TPSA) is 0 Å². The van der Waals surface area contributed by atoms with Gasteiger partial charge in [-0.3, -0.25) is 0 Å². The molecule has 0 aliphatic carbocycles.